The molecule has 2 aromatic rings. The van der Waals surface area contributed by atoms with Crippen LogP contribution in [0.15, 0.2) is 48.5 Å². The second kappa shape index (κ2) is 9.48. The highest BCUT2D eigenvalue weighted by atomic mass is 16.6. The molecule has 0 saturated carbocycles. The molecule has 0 unspecified atom stereocenters. The first-order chi connectivity index (χ1) is 12.1. The van der Waals surface area contributed by atoms with E-state index in [9.17, 15) is 20.2 Å². The maximum atomic E-state index is 10.6. The second-order valence-corrected chi connectivity index (χ2v) is 5.80. The second-order valence-electron chi connectivity index (χ2n) is 5.80. The molecule has 25 heavy (non-hydrogen) atoms. The van der Waals surface area contributed by atoms with Crippen LogP contribution in [-0.4, -0.2) is 22.9 Å². The number of nitro groups is 2. The van der Waals surface area contributed by atoms with Gasteiger partial charge in [0.05, 0.1) is 9.85 Å². The van der Waals surface area contributed by atoms with Crippen molar-refractivity contribution in [3.8, 4) is 0 Å². The third kappa shape index (κ3) is 6.31. The van der Waals surface area contributed by atoms with E-state index in [1.54, 1.807) is 24.3 Å². The summed E-state index contributed by atoms with van der Waals surface area (Å²) >= 11 is 0. The van der Waals surface area contributed by atoms with Gasteiger partial charge in [0.25, 0.3) is 11.4 Å². The van der Waals surface area contributed by atoms with Crippen molar-refractivity contribution < 1.29 is 9.85 Å². The van der Waals surface area contributed by atoms with Crippen LogP contribution in [0.2, 0.25) is 0 Å². The van der Waals surface area contributed by atoms with E-state index in [0.717, 1.165) is 49.9 Å². The van der Waals surface area contributed by atoms with Crippen LogP contribution in [0.5, 0.6) is 0 Å². The van der Waals surface area contributed by atoms with Crippen molar-refractivity contribution in [3.63, 3.8) is 0 Å². The topological polar surface area (TPSA) is 98.3 Å². The number of rotatable bonds is 10. The summed E-state index contributed by atoms with van der Waals surface area (Å²) < 4.78 is 0. The van der Waals surface area contributed by atoms with Crippen molar-refractivity contribution >= 4 is 11.4 Å². The highest BCUT2D eigenvalue weighted by molar-refractivity contribution is 5.33. The first kappa shape index (κ1) is 18.5. The molecule has 7 heteroatoms. The molecule has 0 aromatic heterocycles. The molecule has 7 nitrogen and oxygen atoms in total. The van der Waals surface area contributed by atoms with Crippen molar-refractivity contribution in [1.29, 1.82) is 0 Å². The van der Waals surface area contributed by atoms with Crippen LogP contribution in [0.25, 0.3) is 0 Å². The molecule has 0 atom stereocenters. The van der Waals surface area contributed by atoms with Crippen LogP contribution >= 0.6 is 0 Å². The summed E-state index contributed by atoms with van der Waals surface area (Å²) in [6, 6.07) is 13.3. The lowest BCUT2D eigenvalue weighted by Crippen LogP contribution is -2.17. The highest BCUT2D eigenvalue weighted by Crippen LogP contribution is 2.14. The Morgan fingerprint density at radius 2 is 1.04 bits per heavy atom. The van der Waals surface area contributed by atoms with Crippen molar-refractivity contribution in [3.05, 3.63) is 79.9 Å². The summed E-state index contributed by atoms with van der Waals surface area (Å²) in [4.78, 5) is 20.4. The molecule has 1 N–H and O–H groups in total. The number of aryl methyl sites for hydroxylation is 2. The van der Waals surface area contributed by atoms with Crippen molar-refractivity contribution in [1.82, 2.24) is 5.32 Å². The molecule has 0 spiro atoms. The van der Waals surface area contributed by atoms with E-state index in [-0.39, 0.29) is 11.4 Å². The van der Waals surface area contributed by atoms with Crippen LogP contribution in [0.1, 0.15) is 24.0 Å². The molecule has 132 valence electrons. The molecule has 0 aliphatic carbocycles. The van der Waals surface area contributed by atoms with E-state index in [2.05, 4.69) is 5.32 Å². The summed E-state index contributed by atoms with van der Waals surface area (Å²) in [5, 5.41) is 24.5. The van der Waals surface area contributed by atoms with Crippen LogP contribution in [0.4, 0.5) is 11.4 Å². The zero-order valence-electron chi connectivity index (χ0n) is 13.9. The van der Waals surface area contributed by atoms with E-state index in [0.29, 0.717) is 0 Å². The number of nitrogens with one attached hydrogen (secondary N) is 1. The number of hydrogen-bond donors (Lipinski definition) is 1. The molecule has 0 amide bonds. The summed E-state index contributed by atoms with van der Waals surface area (Å²) in [7, 11) is 0. The van der Waals surface area contributed by atoms with Gasteiger partial charge in [-0.3, -0.25) is 20.2 Å². The largest absolute Gasteiger partial charge is 0.317 e. The molecule has 0 heterocycles. The molecule has 0 bridgehead atoms. The monoisotopic (exact) mass is 343 g/mol. The molecule has 0 saturated heterocycles. The van der Waals surface area contributed by atoms with E-state index in [4.69, 9.17) is 0 Å². The fraction of sp³-hybridized carbons (Fsp3) is 0.333. The van der Waals surface area contributed by atoms with Gasteiger partial charge in [-0.15, -0.1) is 0 Å². The predicted molar refractivity (Wildman–Crippen MR) is 95.7 cm³/mol. The van der Waals surface area contributed by atoms with Gasteiger partial charge < -0.3 is 5.32 Å². The minimum atomic E-state index is -0.393. The molecule has 0 aliphatic heterocycles. The van der Waals surface area contributed by atoms with Crippen molar-refractivity contribution in [2.75, 3.05) is 13.1 Å². The van der Waals surface area contributed by atoms with Crippen molar-refractivity contribution in [2.45, 2.75) is 25.7 Å². The van der Waals surface area contributed by atoms with Gasteiger partial charge in [-0.2, -0.15) is 0 Å². The molecule has 2 aromatic carbocycles. The lowest BCUT2D eigenvalue weighted by molar-refractivity contribution is -0.385. The normalized spacial score (nSPS) is 10.6. The third-order valence-corrected chi connectivity index (χ3v) is 3.93. The SMILES string of the molecule is O=[N+]([O-])c1ccc(CCCNCCCc2ccc([N+](=O)[O-])cc2)cc1. The molecular formula is C18H21N3O4. The van der Waals surface area contributed by atoms with Crippen molar-refractivity contribution in [2.24, 2.45) is 0 Å². The quantitative estimate of drug-likeness (QED) is 0.403. The minimum Gasteiger partial charge on any atom is -0.317 e. The first-order valence-corrected chi connectivity index (χ1v) is 8.23. The average Bonchev–Trinajstić information content (AvgIpc) is 2.61. The lowest BCUT2D eigenvalue weighted by Gasteiger charge is -2.05. The fourth-order valence-corrected chi connectivity index (χ4v) is 2.53. The third-order valence-electron chi connectivity index (χ3n) is 3.93. The number of nitrogens with zero attached hydrogens (tertiary/aromatic N) is 2. The number of nitro benzene ring substituents is 2. The maximum absolute atomic E-state index is 10.6. The number of benzene rings is 2. The van der Waals surface area contributed by atoms with Gasteiger partial charge in [0, 0.05) is 24.3 Å². The Balaban J connectivity index is 1.57. The Morgan fingerprint density at radius 1 is 0.680 bits per heavy atom. The van der Waals surface area contributed by atoms with Gasteiger partial charge in [-0.05, 0) is 49.9 Å². The zero-order valence-corrected chi connectivity index (χ0v) is 13.9. The summed E-state index contributed by atoms with van der Waals surface area (Å²) in [6.45, 7) is 1.77. The van der Waals surface area contributed by atoms with Crippen LogP contribution in [-0.2, 0) is 12.8 Å². The fourth-order valence-electron chi connectivity index (χ4n) is 2.53. The highest BCUT2D eigenvalue weighted by Gasteiger charge is 2.04. The molecule has 0 aliphatic rings. The van der Waals surface area contributed by atoms with Crippen LogP contribution in [0.3, 0.4) is 0 Å². The maximum Gasteiger partial charge on any atom is 0.269 e. The standard InChI is InChI=1S/C18H21N3O4/c22-20(23)17-9-5-15(6-10-17)3-1-13-19-14-2-4-16-7-11-18(12-8-16)21(24)25/h5-12,19H,1-4,13-14H2. The molecule has 0 radical (unpaired) electrons. The van der Waals surface area contributed by atoms with E-state index < -0.39 is 9.85 Å². The Labute approximate surface area is 146 Å². The molecular weight excluding hydrogens is 322 g/mol. The lowest BCUT2D eigenvalue weighted by atomic mass is 10.1. The predicted octanol–water partition coefficient (Wildman–Crippen LogP) is 3.66. The zero-order chi connectivity index (χ0) is 18.1. The Hall–Kier alpha value is -2.80. The molecule has 0 fully saturated rings. The van der Waals surface area contributed by atoms with Gasteiger partial charge in [0.15, 0.2) is 0 Å². The number of hydrogen-bond acceptors (Lipinski definition) is 5. The van der Waals surface area contributed by atoms with Crippen LogP contribution in [0, 0.1) is 20.2 Å². The first-order valence-electron chi connectivity index (χ1n) is 8.23. The van der Waals surface area contributed by atoms with Gasteiger partial charge in [-0.25, -0.2) is 0 Å². The smallest absolute Gasteiger partial charge is 0.269 e. The van der Waals surface area contributed by atoms with Gasteiger partial charge in [-0.1, -0.05) is 24.3 Å². The van der Waals surface area contributed by atoms with Gasteiger partial charge >= 0.3 is 0 Å². The minimum absolute atomic E-state index is 0.119. The van der Waals surface area contributed by atoms with Gasteiger partial charge in [0.1, 0.15) is 0 Å². The Morgan fingerprint density at radius 3 is 1.36 bits per heavy atom. The Kier molecular flexibility index (Phi) is 7.03. The molecule has 2 rings (SSSR count). The summed E-state index contributed by atoms with van der Waals surface area (Å²) in [6.07, 6.45) is 3.70. The van der Waals surface area contributed by atoms with E-state index >= 15 is 0 Å². The summed E-state index contributed by atoms with van der Waals surface area (Å²) in [5.41, 5.74) is 2.43. The average molecular weight is 343 g/mol. The van der Waals surface area contributed by atoms with Crippen LogP contribution < -0.4 is 5.32 Å². The van der Waals surface area contributed by atoms with E-state index in [1.807, 2.05) is 0 Å². The number of non-ortho nitro benzene ring substituents is 2. The van der Waals surface area contributed by atoms with E-state index in [1.165, 1.54) is 24.3 Å². The summed E-state index contributed by atoms with van der Waals surface area (Å²) in [5.74, 6) is 0. The Bertz CT molecular complexity index is 638. The van der Waals surface area contributed by atoms with Gasteiger partial charge in [0.2, 0.25) is 0 Å².